The van der Waals surface area contributed by atoms with Gasteiger partial charge >= 0.3 is 11.9 Å². The van der Waals surface area contributed by atoms with Gasteiger partial charge in [-0.05, 0) is 37.1 Å². The molecule has 0 unspecified atom stereocenters. The molecule has 2 aromatic heterocycles. The lowest BCUT2D eigenvalue weighted by Gasteiger charge is -2.14. The molecule has 10 heteroatoms. The Labute approximate surface area is 263 Å². The molecule has 0 saturated heterocycles. The number of carboxylic acid groups (broad SMARTS) is 2. The molecule has 0 atom stereocenters. The number of hydrogen-bond donors (Lipinski definition) is 2. The van der Waals surface area contributed by atoms with E-state index in [4.69, 9.17) is 18.9 Å². The van der Waals surface area contributed by atoms with E-state index in [1.165, 1.54) is 12.1 Å². The van der Waals surface area contributed by atoms with Crippen LogP contribution in [-0.2, 0) is 0 Å². The number of hydrogen-bond acceptors (Lipinski definition) is 8. The minimum atomic E-state index is -1.14. The van der Waals surface area contributed by atoms with Crippen LogP contribution in [0.4, 0.5) is 0 Å². The summed E-state index contributed by atoms with van der Waals surface area (Å²) in [6.07, 6.45) is 8.83. The number of carbonyl (C=O) groups is 2. The van der Waals surface area contributed by atoms with Crippen LogP contribution in [-0.4, -0.2) is 58.5 Å². The van der Waals surface area contributed by atoms with Crippen LogP contribution in [0, 0.1) is 0 Å². The van der Waals surface area contributed by atoms with Crippen LogP contribution in [0.1, 0.15) is 92.6 Å². The molecule has 45 heavy (non-hydrogen) atoms. The van der Waals surface area contributed by atoms with Crippen molar-refractivity contribution in [3.8, 4) is 23.0 Å². The number of fused-ring (bicyclic) bond motifs is 2. The molecule has 0 saturated carbocycles. The smallest absolute Gasteiger partial charge is 0.354 e. The molecular formula is C35H42N2O8. The van der Waals surface area contributed by atoms with Crippen LogP contribution in [0.5, 0.6) is 23.0 Å². The van der Waals surface area contributed by atoms with E-state index in [0.717, 1.165) is 51.4 Å². The summed E-state index contributed by atoms with van der Waals surface area (Å²) < 4.78 is 24.0. The summed E-state index contributed by atoms with van der Waals surface area (Å²) in [5, 5.41) is 20.7. The zero-order chi connectivity index (χ0) is 32.0. The highest BCUT2D eigenvalue weighted by Crippen LogP contribution is 2.33. The zero-order valence-corrected chi connectivity index (χ0v) is 26.0. The summed E-state index contributed by atoms with van der Waals surface area (Å²) in [4.78, 5) is 32.3. The van der Waals surface area contributed by atoms with Crippen molar-refractivity contribution in [1.82, 2.24) is 9.97 Å². The van der Waals surface area contributed by atoms with Crippen molar-refractivity contribution >= 4 is 33.7 Å². The third-order valence-electron chi connectivity index (χ3n) is 7.28. The second-order valence-corrected chi connectivity index (χ2v) is 10.8. The van der Waals surface area contributed by atoms with Crippen LogP contribution in [0.15, 0.2) is 48.5 Å². The molecule has 4 aromatic rings. The average molecular weight is 619 g/mol. The number of para-hydroxylation sites is 2. The van der Waals surface area contributed by atoms with E-state index in [9.17, 15) is 19.8 Å². The molecule has 240 valence electrons. The van der Waals surface area contributed by atoms with Crippen molar-refractivity contribution in [3.05, 3.63) is 59.9 Å². The van der Waals surface area contributed by atoms with Gasteiger partial charge in [-0.2, -0.15) is 0 Å². The maximum Gasteiger partial charge on any atom is 0.354 e. The van der Waals surface area contributed by atoms with E-state index < -0.39 is 11.9 Å². The molecule has 0 aliphatic rings. The van der Waals surface area contributed by atoms with Crippen molar-refractivity contribution in [2.24, 2.45) is 0 Å². The lowest BCUT2D eigenvalue weighted by Crippen LogP contribution is -2.08. The molecule has 0 aliphatic carbocycles. The summed E-state index contributed by atoms with van der Waals surface area (Å²) in [7, 11) is 0. The Balaban J connectivity index is 1.42. The standard InChI is InChI=1S/C35H42N2O8/c1-3-5-7-9-18-44-30-22-26(34(38)39)36-32-24(30)14-11-16-28(32)42-20-13-21-43-29-17-12-15-25-31(45-19-10-8-6-4-2)23-27(35(40)41)37-33(25)29/h11-12,14-17,22-23H,3-10,13,18-21H2,1-2H3,(H,38,39)(H,40,41). The van der Waals surface area contributed by atoms with Gasteiger partial charge < -0.3 is 29.2 Å². The van der Waals surface area contributed by atoms with Crippen LogP contribution >= 0.6 is 0 Å². The first kappa shape index (κ1) is 33.3. The van der Waals surface area contributed by atoms with E-state index in [-0.39, 0.29) is 24.6 Å². The third-order valence-corrected chi connectivity index (χ3v) is 7.28. The summed E-state index contributed by atoms with van der Waals surface area (Å²) in [6, 6.07) is 13.7. The van der Waals surface area contributed by atoms with Gasteiger partial charge in [-0.3, -0.25) is 0 Å². The Morgan fingerprint density at radius 1 is 0.556 bits per heavy atom. The van der Waals surface area contributed by atoms with Crippen LogP contribution in [0.3, 0.4) is 0 Å². The SMILES string of the molecule is CCCCCCOc1cc(C(=O)O)nc2c(OCCCOc3cccc4c(OCCCCCC)cc(C(=O)O)nc34)cccc12. The lowest BCUT2D eigenvalue weighted by molar-refractivity contribution is 0.0680. The van der Waals surface area contributed by atoms with Gasteiger partial charge in [-0.25, -0.2) is 19.6 Å². The van der Waals surface area contributed by atoms with E-state index in [2.05, 4.69) is 23.8 Å². The van der Waals surface area contributed by atoms with E-state index in [1.807, 2.05) is 24.3 Å². The normalized spacial score (nSPS) is 11.1. The first-order valence-electron chi connectivity index (χ1n) is 15.8. The number of nitrogens with zero attached hydrogens (tertiary/aromatic N) is 2. The quantitative estimate of drug-likeness (QED) is 0.0939. The maximum atomic E-state index is 11.8. The van der Waals surface area contributed by atoms with Crippen LogP contribution in [0.2, 0.25) is 0 Å². The summed E-state index contributed by atoms with van der Waals surface area (Å²) >= 11 is 0. The monoisotopic (exact) mass is 618 g/mol. The first-order valence-corrected chi connectivity index (χ1v) is 15.8. The Kier molecular flexibility index (Phi) is 12.6. The van der Waals surface area contributed by atoms with Crippen molar-refractivity contribution in [1.29, 1.82) is 0 Å². The minimum Gasteiger partial charge on any atom is -0.493 e. The predicted octanol–water partition coefficient (Wildman–Crippen LogP) is 7.95. The summed E-state index contributed by atoms with van der Waals surface area (Å²) in [5.74, 6) is -0.450. The molecule has 2 N–H and O–H groups in total. The van der Waals surface area contributed by atoms with Crippen LogP contribution < -0.4 is 18.9 Å². The summed E-state index contributed by atoms with van der Waals surface area (Å²) in [6.45, 7) is 5.81. The Bertz CT molecular complexity index is 1470. The maximum absolute atomic E-state index is 11.8. The molecular weight excluding hydrogens is 576 g/mol. The molecule has 0 fully saturated rings. The number of ether oxygens (including phenoxy) is 4. The zero-order valence-electron chi connectivity index (χ0n) is 26.0. The second-order valence-electron chi connectivity index (χ2n) is 10.8. The van der Waals surface area contributed by atoms with E-state index in [0.29, 0.717) is 64.4 Å². The van der Waals surface area contributed by atoms with Gasteiger partial charge in [0.1, 0.15) is 34.0 Å². The van der Waals surface area contributed by atoms with Crippen molar-refractivity contribution in [2.45, 2.75) is 71.6 Å². The van der Waals surface area contributed by atoms with Gasteiger partial charge in [0.25, 0.3) is 0 Å². The van der Waals surface area contributed by atoms with E-state index in [1.54, 1.807) is 12.1 Å². The molecule has 0 aliphatic heterocycles. The Hall–Kier alpha value is -4.60. The molecule has 10 nitrogen and oxygen atoms in total. The molecule has 0 radical (unpaired) electrons. The second kappa shape index (κ2) is 17.0. The van der Waals surface area contributed by atoms with Crippen molar-refractivity contribution in [3.63, 3.8) is 0 Å². The Morgan fingerprint density at radius 3 is 1.36 bits per heavy atom. The number of aromatic carboxylic acids is 2. The molecule has 0 amide bonds. The fourth-order valence-electron chi connectivity index (χ4n) is 4.92. The largest absolute Gasteiger partial charge is 0.493 e. The highest BCUT2D eigenvalue weighted by atomic mass is 16.5. The Morgan fingerprint density at radius 2 is 0.956 bits per heavy atom. The average Bonchev–Trinajstić information content (AvgIpc) is 3.04. The number of benzene rings is 2. The van der Waals surface area contributed by atoms with Gasteiger partial charge in [0, 0.05) is 29.3 Å². The van der Waals surface area contributed by atoms with Gasteiger partial charge in [0.15, 0.2) is 11.4 Å². The van der Waals surface area contributed by atoms with Crippen molar-refractivity contribution < 1.29 is 38.7 Å². The van der Waals surface area contributed by atoms with Gasteiger partial charge in [-0.1, -0.05) is 64.5 Å². The molecule has 4 rings (SSSR count). The first-order chi connectivity index (χ1) is 21.9. The fraction of sp³-hybridized carbons (Fsp3) is 0.429. The number of aromatic nitrogens is 2. The molecule has 0 spiro atoms. The highest BCUT2D eigenvalue weighted by Gasteiger charge is 2.17. The van der Waals surface area contributed by atoms with Gasteiger partial charge in [0.2, 0.25) is 0 Å². The highest BCUT2D eigenvalue weighted by molar-refractivity contribution is 5.96. The number of pyridine rings is 2. The topological polar surface area (TPSA) is 137 Å². The van der Waals surface area contributed by atoms with Gasteiger partial charge in [-0.15, -0.1) is 0 Å². The van der Waals surface area contributed by atoms with E-state index >= 15 is 0 Å². The lowest BCUT2D eigenvalue weighted by atomic mass is 10.1. The molecule has 0 bridgehead atoms. The third kappa shape index (κ3) is 9.20. The number of rotatable bonds is 20. The number of carboxylic acids is 2. The summed E-state index contributed by atoms with van der Waals surface area (Å²) in [5.41, 5.74) is 0.616. The van der Waals surface area contributed by atoms with Crippen molar-refractivity contribution in [2.75, 3.05) is 26.4 Å². The molecule has 2 heterocycles. The fourth-order valence-corrected chi connectivity index (χ4v) is 4.92. The van der Waals surface area contributed by atoms with Gasteiger partial charge in [0.05, 0.1) is 26.4 Å². The predicted molar refractivity (Wildman–Crippen MR) is 172 cm³/mol. The van der Waals surface area contributed by atoms with Crippen LogP contribution in [0.25, 0.3) is 21.8 Å². The number of unbranched alkanes of at least 4 members (excludes halogenated alkanes) is 6. The minimum absolute atomic E-state index is 0.112. The molecule has 2 aromatic carbocycles.